The first-order valence-electron chi connectivity index (χ1n) is 9.73. The lowest BCUT2D eigenvalue weighted by Crippen LogP contribution is -1.88. The second kappa shape index (κ2) is 11.3. The fourth-order valence-corrected chi connectivity index (χ4v) is 4.19. The Morgan fingerprint density at radius 2 is 1.33 bits per heavy atom. The zero-order valence-electron chi connectivity index (χ0n) is 15.2. The van der Waals surface area contributed by atoms with Gasteiger partial charge in [0, 0.05) is 10.6 Å². The second-order valence-corrected chi connectivity index (χ2v) is 7.75. The van der Waals surface area contributed by atoms with Gasteiger partial charge in [0.25, 0.3) is 0 Å². The molecule has 0 aliphatic heterocycles. The van der Waals surface area contributed by atoms with E-state index in [-0.39, 0.29) is 0 Å². The first-order valence-corrected chi connectivity index (χ1v) is 10.6. The van der Waals surface area contributed by atoms with E-state index in [1.807, 2.05) is 23.5 Å². The van der Waals surface area contributed by atoms with Gasteiger partial charge in [0.1, 0.15) is 0 Å². The van der Waals surface area contributed by atoms with Crippen LogP contribution in [0.15, 0.2) is 35.7 Å². The molecule has 2 rings (SSSR count). The SMILES string of the molecule is CCCCCCCCCCCCc1ccsc1-c1ccc(N)cc1. The number of hydrogen-bond donors (Lipinski definition) is 1. The van der Waals surface area contributed by atoms with Crippen molar-refractivity contribution in [2.24, 2.45) is 0 Å². The summed E-state index contributed by atoms with van der Waals surface area (Å²) in [4.78, 5) is 1.42. The highest BCUT2D eigenvalue weighted by atomic mass is 32.1. The fourth-order valence-electron chi connectivity index (χ4n) is 3.22. The third-order valence-electron chi connectivity index (χ3n) is 4.72. The predicted octanol–water partition coefficient (Wildman–Crippen LogP) is 7.46. The molecule has 0 saturated carbocycles. The van der Waals surface area contributed by atoms with Gasteiger partial charge in [-0.3, -0.25) is 0 Å². The van der Waals surface area contributed by atoms with Crippen molar-refractivity contribution in [3.8, 4) is 10.4 Å². The number of benzene rings is 1. The maximum absolute atomic E-state index is 5.79. The Morgan fingerprint density at radius 3 is 1.96 bits per heavy atom. The molecule has 0 aliphatic rings. The maximum Gasteiger partial charge on any atom is 0.0374 e. The Kier molecular flexibility index (Phi) is 8.97. The summed E-state index contributed by atoms with van der Waals surface area (Å²) < 4.78 is 0. The number of hydrogen-bond acceptors (Lipinski definition) is 2. The minimum atomic E-state index is 0.839. The van der Waals surface area contributed by atoms with E-state index in [9.17, 15) is 0 Å². The van der Waals surface area contributed by atoms with Gasteiger partial charge in [-0.1, -0.05) is 76.8 Å². The monoisotopic (exact) mass is 343 g/mol. The highest BCUT2D eigenvalue weighted by Gasteiger charge is 2.06. The number of thiophene rings is 1. The van der Waals surface area contributed by atoms with Crippen LogP contribution in [0.3, 0.4) is 0 Å². The standard InChI is InChI=1S/C22H33NS/c1-2-3-4-5-6-7-8-9-10-11-12-19-17-18-24-22(19)20-13-15-21(23)16-14-20/h13-18H,2-12,23H2,1H3. The topological polar surface area (TPSA) is 26.0 Å². The van der Waals surface area contributed by atoms with Crippen LogP contribution in [0.4, 0.5) is 5.69 Å². The summed E-state index contributed by atoms with van der Waals surface area (Å²) in [6, 6.07) is 10.6. The summed E-state index contributed by atoms with van der Waals surface area (Å²) >= 11 is 1.85. The summed E-state index contributed by atoms with van der Waals surface area (Å²) in [6.45, 7) is 2.28. The number of aryl methyl sites for hydroxylation is 1. The van der Waals surface area contributed by atoms with Crippen molar-refractivity contribution in [2.75, 3.05) is 5.73 Å². The van der Waals surface area contributed by atoms with Gasteiger partial charge >= 0.3 is 0 Å². The molecule has 1 aromatic heterocycles. The molecule has 2 heteroatoms. The summed E-state index contributed by atoms with van der Waals surface area (Å²) in [5, 5.41) is 2.22. The Balaban J connectivity index is 1.62. The molecule has 0 amide bonds. The van der Waals surface area contributed by atoms with Crippen LogP contribution in [0.1, 0.15) is 76.7 Å². The third kappa shape index (κ3) is 6.68. The van der Waals surface area contributed by atoms with E-state index in [0.29, 0.717) is 0 Å². The molecule has 132 valence electrons. The molecule has 2 aromatic rings. The normalized spacial score (nSPS) is 11.0. The van der Waals surface area contributed by atoms with Gasteiger partial charge in [0.05, 0.1) is 0 Å². The summed E-state index contributed by atoms with van der Waals surface area (Å²) in [7, 11) is 0. The van der Waals surface area contributed by atoms with Gasteiger partial charge in [-0.25, -0.2) is 0 Å². The Hall–Kier alpha value is -1.28. The van der Waals surface area contributed by atoms with Crippen LogP contribution >= 0.6 is 11.3 Å². The zero-order valence-corrected chi connectivity index (χ0v) is 16.0. The number of nitrogen functional groups attached to an aromatic ring is 1. The molecule has 1 heterocycles. The van der Waals surface area contributed by atoms with E-state index < -0.39 is 0 Å². The van der Waals surface area contributed by atoms with Crippen molar-refractivity contribution in [2.45, 2.75) is 77.6 Å². The van der Waals surface area contributed by atoms with E-state index in [2.05, 4.69) is 30.5 Å². The van der Waals surface area contributed by atoms with E-state index in [1.165, 1.54) is 86.6 Å². The molecule has 0 radical (unpaired) electrons. The Labute approximate surface area is 152 Å². The lowest BCUT2D eigenvalue weighted by atomic mass is 10.0. The molecule has 0 spiro atoms. The second-order valence-electron chi connectivity index (χ2n) is 6.83. The van der Waals surface area contributed by atoms with Crippen molar-refractivity contribution < 1.29 is 0 Å². The van der Waals surface area contributed by atoms with Crippen LogP contribution < -0.4 is 5.73 Å². The molecule has 0 saturated heterocycles. The minimum absolute atomic E-state index is 0.839. The van der Waals surface area contributed by atoms with Crippen molar-refractivity contribution in [1.29, 1.82) is 0 Å². The average molecular weight is 344 g/mol. The summed E-state index contributed by atoms with van der Waals surface area (Å²) in [6.07, 6.45) is 15.2. The lowest BCUT2D eigenvalue weighted by molar-refractivity contribution is 0.556. The van der Waals surface area contributed by atoms with Crippen LogP contribution in [0, 0.1) is 0 Å². The van der Waals surface area contributed by atoms with Gasteiger partial charge in [0.2, 0.25) is 0 Å². The Morgan fingerprint density at radius 1 is 0.750 bits per heavy atom. The largest absolute Gasteiger partial charge is 0.399 e. The number of nitrogens with two attached hydrogens (primary N) is 1. The van der Waals surface area contributed by atoms with Crippen LogP contribution in [0.5, 0.6) is 0 Å². The van der Waals surface area contributed by atoms with E-state index in [4.69, 9.17) is 5.73 Å². The van der Waals surface area contributed by atoms with E-state index in [0.717, 1.165) is 5.69 Å². The zero-order chi connectivity index (χ0) is 17.0. The highest BCUT2D eigenvalue weighted by molar-refractivity contribution is 7.13. The molecule has 0 aliphatic carbocycles. The van der Waals surface area contributed by atoms with E-state index in [1.54, 1.807) is 0 Å². The van der Waals surface area contributed by atoms with Crippen molar-refractivity contribution >= 4 is 17.0 Å². The maximum atomic E-state index is 5.79. The first kappa shape index (κ1) is 19.1. The number of rotatable bonds is 12. The number of anilines is 1. The molecule has 0 atom stereocenters. The van der Waals surface area contributed by atoms with Gasteiger partial charge < -0.3 is 5.73 Å². The quantitative estimate of drug-likeness (QED) is 0.314. The molecule has 0 unspecified atom stereocenters. The summed E-state index contributed by atoms with van der Waals surface area (Å²) in [5.41, 5.74) is 9.44. The fraction of sp³-hybridized carbons (Fsp3) is 0.545. The molecular weight excluding hydrogens is 310 g/mol. The minimum Gasteiger partial charge on any atom is -0.399 e. The highest BCUT2D eigenvalue weighted by Crippen LogP contribution is 2.31. The third-order valence-corrected chi connectivity index (χ3v) is 5.73. The van der Waals surface area contributed by atoms with Crippen LogP contribution in [-0.2, 0) is 6.42 Å². The van der Waals surface area contributed by atoms with E-state index >= 15 is 0 Å². The van der Waals surface area contributed by atoms with Gasteiger partial charge in [-0.15, -0.1) is 11.3 Å². The van der Waals surface area contributed by atoms with Crippen molar-refractivity contribution in [3.05, 3.63) is 41.3 Å². The summed E-state index contributed by atoms with van der Waals surface area (Å²) in [5.74, 6) is 0. The van der Waals surface area contributed by atoms with Gasteiger partial charge in [0.15, 0.2) is 0 Å². The lowest BCUT2D eigenvalue weighted by Gasteiger charge is -2.05. The molecular formula is C22H33NS. The molecule has 0 fully saturated rings. The molecule has 0 bridgehead atoms. The molecule has 1 nitrogen and oxygen atoms in total. The average Bonchev–Trinajstić information content (AvgIpc) is 3.06. The molecule has 2 N–H and O–H groups in total. The Bertz CT molecular complexity index is 556. The number of unbranched alkanes of at least 4 members (excludes halogenated alkanes) is 9. The molecule has 24 heavy (non-hydrogen) atoms. The first-order chi connectivity index (χ1) is 11.8. The predicted molar refractivity (Wildman–Crippen MR) is 110 cm³/mol. The van der Waals surface area contributed by atoms with Crippen molar-refractivity contribution in [1.82, 2.24) is 0 Å². The smallest absolute Gasteiger partial charge is 0.0374 e. The van der Waals surface area contributed by atoms with Crippen LogP contribution in [0.25, 0.3) is 10.4 Å². The van der Waals surface area contributed by atoms with Crippen molar-refractivity contribution in [3.63, 3.8) is 0 Å². The van der Waals surface area contributed by atoms with Gasteiger partial charge in [-0.05, 0) is 47.5 Å². The van der Waals surface area contributed by atoms with Crippen LogP contribution in [0.2, 0.25) is 0 Å². The van der Waals surface area contributed by atoms with Gasteiger partial charge in [-0.2, -0.15) is 0 Å². The molecule has 1 aromatic carbocycles. The van der Waals surface area contributed by atoms with Crippen LogP contribution in [-0.4, -0.2) is 0 Å².